The van der Waals surface area contributed by atoms with Crippen molar-refractivity contribution in [3.63, 3.8) is 0 Å². The summed E-state index contributed by atoms with van der Waals surface area (Å²) in [5.41, 5.74) is 6.50. The van der Waals surface area contributed by atoms with Gasteiger partial charge in [0.15, 0.2) is 0 Å². The van der Waals surface area contributed by atoms with Gasteiger partial charge in [0.2, 0.25) is 5.91 Å². The number of hydrogen-bond donors (Lipinski definition) is 2. The molecule has 5 nitrogen and oxygen atoms in total. The van der Waals surface area contributed by atoms with Crippen LogP contribution in [0.1, 0.15) is 17.5 Å². The first-order valence-electron chi connectivity index (χ1n) is 6.27. The molecule has 1 heterocycles. The van der Waals surface area contributed by atoms with Gasteiger partial charge in [-0.25, -0.2) is 0 Å². The fraction of sp³-hybridized carbons (Fsp3) is 0.429. The molecular formula is C14H18N2O3. The first-order chi connectivity index (χ1) is 8.92. The average Bonchev–Trinajstić information content (AvgIpc) is 2.76. The Balaban J connectivity index is 2.03. The molecule has 0 aliphatic carbocycles. The van der Waals surface area contributed by atoms with Gasteiger partial charge in [-0.05, 0) is 24.5 Å². The van der Waals surface area contributed by atoms with E-state index in [1.807, 2.05) is 31.2 Å². The molecule has 1 aliphatic rings. The number of hydrogen-bond acceptors (Lipinski definition) is 3. The second kappa shape index (κ2) is 5.01. The predicted octanol–water partition coefficient (Wildman–Crippen LogP) is 0.552. The molecule has 0 saturated carbocycles. The van der Waals surface area contributed by atoms with Gasteiger partial charge in [-0.3, -0.25) is 9.59 Å². The third kappa shape index (κ3) is 2.76. The number of nitrogens with two attached hydrogens (primary N) is 1. The van der Waals surface area contributed by atoms with E-state index in [-0.39, 0.29) is 12.5 Å². The Kier molecular flexibility index (Phi) is 3.57. The van der Waals surface area contributed by atoms with Gasteiger partial charge >= 0.3 is 5.97 Å². The van der Waals surface area contributed by atoms with E-state index >= 15 is 0 Å². The van der Waals surface area contributed by atoms with Gasteiger partial charge in [-0.15, -0.1) is 0 Å². The summed E-state index contributed by atoms with van der Waals surface area (Å²) in [6.45, 7) is 2.46. The Morgan fingerprint density at radius 3 is 2.68 bits per heavy atom. The van der Waals surface area contributed by atoms with Gasteiger partial charge in [0.05, 0.1) is 6.42 Å². The van der Waals surface area contributed by atoms with Crippen LogP contribution in [-0.4, -0.2) is 40.5 Å². The van der Waals surface area contributed by atoms with Crippen LogP contribution < -0.4 is 5.73 Å². The number of aliphatic carboxylic acids is 1. The van der Waals surface area contributed by atoms with Crippen molar-refractivity contribution < 1.29 is 14.7 Å². The number of rotatable bonds is 3. The Morgan fingerprint density at radius 2 is 2.11 bits per heavy atom. The highest BCUT2D eigenvalue weighted by Gasteiger charge is 2.42. The molecule has 1 aromatic rings. The van der Waals surface area contributed by atoms with E-state index in [0.29, 0.717) is 19.4 Å². The van der Waals surface area contributed by atoms with Gasteiger partial charge in [-0.1, -0.05) is 24.3 Å². The number of carbonyl (C=O) groups excluding carboxylic acids is 1. The van der Waals surface area contributed by atoms with Crippen LogP contribution in [0.25, 0.3) is 0 Å². The fourth-order valence-corrected chi connectivity index (χ4v) is 2.30. The minimum Gasteiger partial charge on any atom is -0.480 e. The molecule has 1 aromatic carbocycles. The predicted molar refractivity (Wildman–Crippen MR) is 70.6 cm³/mol. The Morgan fingerprint density at radius 1 is 1.42 bits per heavy atom. The largest absolute Gasteiger partial charge is 0.480 e. The van der Waals surface area contributed by atoms with Crippen LogP contribution in [0.15, 0.2) is 24.3 Å². The fourth-order valence-electron chi connectivity index (χ4n) is 2.30. The smallest absolute Gasteiger partial charge is 0.325 e. The SMILES string of the molecule is Cc1ccccc1CC(=O)N1CCC(N)(C(=O)O)C1. The monoisotopic (exact) mass is 262 g/mol. The van der Waals surface area contributed by atoms with Crippen LogP contribution in [0, 0.1) is 6.92 Å². The van der Waals surface area contributed by atoms with Crippen molar-refractivity contribution in [2.45, 2.75) is 25.3 Å². The van der Waals surface area contributed by atoms with Gasteiger partial charge in [0.1, 0.15) is 5.54 Å². The standard InChI is InChI=1S/C14H18N2O3/c1-10-4-2-3-5-11(10)8-12(17)16-7-6-14(15,9-16)13(18)19/h2-5H,6-9,15H2,1H3,(H,18,19). The molecule has 1 amide bonds. The van der Waals surface area contributed by atoms with Gasteiger partial charge < -0.3 is 15.7 Å². The number of nitrogens with zero attached hydrogens (tertiary/aromatic N) is 1. The average molecular weight is 262 g/mol. The Labute approximate surface area is 112 Å². The third-order valence-electron chi connectivity index (χ3n) is 3.68. The zero-order chi connectivity index (χ0) is 14.0. The number of carboxylic acids is 1. The van der Waals surface area contributed by atoms with E-state index in [0.717, 1.165) is 11.1 Å². The van der Waals surface area contributed by atoms with Crippen molar-refractivity contribution >= 4 is 11.9 Å². The highest BCUT2D eigenvalue weighted by molar-refractivity contribution is 5.84. The summed E-state index contributed by atoms with van der Waals surface area (Å²) in [5, 5.41) is 9.04. The van der Waals surface area contributed by atoms with Crippen LogP contribution in [-0.2, 0) is 16.0 Å². The number of benzene rings is 1. The van der Waals surface area contributed by atoms with E-state index in [1.165, 1.54) is 0 Å². The maximum atomic E-state index is 12.2. The van der Waals surface area contributed by atoms with Crippen molar-refractivity contribution in [2.24, 2.45) is 5.73 Å². The lowest BCUT2D eigenvalue weighted by Gasteiger charge is -2.20. The molecule has 19 heavy (non-hydrogen) atoms. The van der Waals surface area contributed by atoms with Crippen molar-refractivity contribution in [1.82, 2.24) is 4.90 Å². The normalized spacial score (nSPS) is 22.5. The molecule has 102 valence electrons. The number of aryl methyl sites for hydroxylation is 1. The minimum absolute atomic E-state index is 0.0668. The Bertz CT molecular complexity index is 515. The van der Waals surface area contributed by atoms with Gasteiger partial charge in [-0.2, -0.15) is 0 Å². The van der Waals surface area contributed by atoms with E-state index < -0.39 is 11.5 Å². The third-order valence-corrected chi connectivity index (χ3v) is 3.68. The summed E-state index contributed by atoms with van der Waals surface area (Å²) in [6, 6.07) is 7.69. The summed E-state index contributed by atoms with van der Waals surface area (Å²) in [7, 11) is 0. The van der Waals surface area contributed by atoms with Crippen molar-refractivity contribution in [2.75, 3.05) is 13.1 Å². The van der Waals surface area contributed by atoms with Crippen LogP contribution >= 0.6 is 0 Å². The number of likely N-dealkylation sites (tertiary alicyclic amines) is 1. The van der Waals surface area contributed by atoms with Crippen molar-refractivity contribution in [1.29, 1.82) is 0 Å². The van der Waals surface area contributed by atoms with E-state index in [1.54, 1.807) is 4.90 Å². The lowest BCUT2D eigenvalue weighted by Crippen LogP contribution is -2.50. The first kappa shape index (κ1) is 13.5. The molecule has 5 heteroatoms. The van der Waals surface area contributed by atoms with Gasteiger partial charge in [0, 0.05) is 13.1 Å². The second-order valence-electron chi connectivity index (χ2n) is 5.13. The lowest BCUT2D eigenvalue weighted by molar-refractivity contribution is -0.143. The van der Waals surface area contributed by atoms with Crippen LogP contribution in [0.2, 0.25) is 0 Å². The highest BCUT2D eigenvalue weighted by Crippen LogP contribution is 2.20. The van der Waals surface area contributed by atoms with Crippen LogP contribution in [0.5, 0.6) is 0 Å². The molecule has 1 atom stereocenters. The number of amides is 1. The molecular weight excluding hydrogens is 244 g/mol. The molecule has 0 spiro atoms. The summed E-state index contributed by atoms with van der Waals surface area (Å²) in [6.07, 6.45) is 0.601. The zero-order valence-corrected chi connectivity index (χ0v) is 10.9. The molecule has 2 rings (SSSR count). The molecule has 3 N–H and O–H groups in total. The molecule has 1 saturated heterocycles. The molecule has 1 fully saturated rings. The van der Waals surface area contributed by atoms with Crippen molar-refractivity contribution in [3.8, 4) is 0 Å². The van der Waals surface area contributed by atoms with Crippen LogP contribution in [0.3, 0.4) is 0 Å². The molecule has 1 unspecified atom stereocenters. The molecule has 0 aromatic heterocycles. The summed E-state index contributed by atoms with van der Waals surface area (Å²) in [4.78, 5) is 24.7. The highest BCUT2D eigenvalue weighted by atomic mass is 16.4. The molecule has 1 aliphatic heterocycles. The first-order valence-corrected chi connectivity index (χ1v) is 6.27. The quantitative estimate of drug-likeness (QED) is 0.833. The summed E-state index contributed by atoms with van der Waals surface area (Å²) < 4.78 is 0. The van der Waals surface area contributed by atoms with Crippen LogP contribution in [0.4, 0.5) is 0 Å². The minimum atomic E-state index is -1.29. The van der Waals surface area contributed by atoms with E-state index in [4.69, 9.17) is 10.8 Å². The summed E-state index contributed by atoms with van der Waals surface area (Å²) >= 11 is 0. The Hall–Kier alpha value is -1.88. The second-order valence-corrected chi connectivity index (χ2v) is 5.13. The molecule has 0 bridgehead atoms. The van der Waals surface area contributed by atoms with Gasteiger partial charge in [0.25, 0.3) is 0 Å². The topological polar surface area (TPSA) is 83.6 Å². The number of carbonyl (C=O) groups is 2. The maximum Gasteiger partial charge on any atom is 0.325 e. The van der Waals surface area contributed by atoms with E-state index in [2.05, 4.69) is 0 Å². The molecule has 0 radical (unpaired) electrons. The summed E-state index contributed by atoms with van der Waals surface area (Å²) in [5.74, 6) is -1.11. The lowest BCUT2D eigenvalue weighted by atomic mass is 10.0. The van der Waals surface area contributed by atoms with E-state index in [9.17, 15) is 9.59 Å². The maximum absolute atomic E-state index is 12.2. The number of carboxylic acid groups (broad SMARTS) is 1. The zero-order valence-electron chi connectivity index (χ0n) is 10.9. The van der Waals surface area contributed by atoms with Crippen molar-refractivity contribution in [3.05, 3.63) is 35.4 Å².